The number of carboxylic acid groups (broad SMARTS) is 1. The monoisotopic (exact) mass is 237 g/mol. The van der Waals surface area contributed by atoms with E-state index in [9.17, 15) is 4.79 Å². The van der Waals surface area contributed by atoms with E-state index in [1.54, 1.807) is 0 Å². The summed E-state index contributed by atoms with van der Waals surface area (Å²) < 4.78 is 6.07. The van der Waals surface area contributed by atoms with Crippen LogP contribution in [0.5, 0.6) is 5.75 Å². The molecule has 0 saturated carbocycles. The molecule has 0 unspecified atom stereocenters. The molecule has 2 aromatic heterocycles. The van der Waals surface area contributed by atoms with Crippen LogP contribution < -0.4 is 4.74 Å². The molecule has 2 rings (SSSR count). The number of aryl methyl sites for hydroxylation is 2. The first-order valence-electron chi connectivity index (χ1n) is 4.72. The van der Waals surface area contributed by atoms with Crippen molar-refractivity contribution in [1.82, 2.24) is 4.98 Å². The molecule has 0 bridgehead atoms. The van der Waals surface area contributed by atoms with Gasteiger partial charge in [-0.2, -0.15) is 0 Å². The molecule has 1 N–H and O–H groups in total. The highest BCUT2D eigenvalue weighted by Crippen LogP contribution is 2.39. The van der Waals surface area contributed by atoms with Gasteiger partial charge < -0.3 is 9.84 Å². The Morgan fingerprint density at radius 3 is 2.75 bits per heavy atom. The predicted molar refractivity (Wildman–Crippen MR) is 62.6 cm³/mol. The summed E-state index contributed by atoms with van der Waals surface area (Å²) in [6.45, 7) is 3.75. The Morgan fingerprint density at radius 2 is 2.19 bits per heavy atom. The molecule has 84 valence electrons. The van der Waals surface area contributed by atoms with Crippen LogP contribution >= 0.6 is 11.3 Å². The first-order chi connectivity index (χ1) is 7.54. The fraction of sp³-hybridized carbons (Fsp3) is 0.273. The summed E-state index contributed by atoms with van der Waals surface area (Å²) in [5, 5.41) is 9.87. The number of methoxy groups -OCH3 is 1. The number of thiophene rings is 1. The smallest absolute Gasteiger partial charge is 0.349 e. The number of nitrogens with zero attached hydrogens (tertiary/aromatic N) is 1. The summed E-state index contributed by atoms with van der Waals surface area (Å²) in [6, 6.07) is 1.88. The molecule has 0 aliphatic rings. The van der Waals surface area contributed by atoms with Gasteiger partial charge in [-0.15, -0.1) is 11.3 Å². The zero-order chi connectivity index (χ0) is 11.9. The third kappa shape index (κ3) is 1.53. The Kier molecular flexibility index (Phi) is 2.55. The van der Waals surface area contributed by atoms with Gasteiger partial charge in [0.2, 0.25) is 0 Å². The van der Waals surface area contributed by atoms with Gasteiger partial charge in [0.25, 0.3) is 0 Å². The van der Waals surface area contributed by atoms with Crippen molar-refractivity contribution >= 4 is 27.4 Å². The molecule has 2 heterocycles. The standard InChI is InChI=1S/C11H11NO3S/c1-5-4-7-8(6(2)12-5)9(15-3)10(16-7)11(13)14/h4H,1-3H3,(H,13,14). The number of hydrogen-bond donors (Lipinski definition) is 1. The van der Waals surface area contributed by atoms with Crippen LogP contribution in [-0.2, 0) is 0 Å². The molecule has 0 atom stereocenters. The number of rotatable bonds is 2. The average Bonchev–Trinajstić information content (AvgIpc) is 2.56. The van der Waals surface area contributed by atoms with E-state index >= 15 is 0 Å². The number of carbonyl (C=O) groups is 1. The van der Waals surface area contributed by atoms with Crippen molar-refractivity contribution in [2.75, 3.05) is 7.11 Å². The third-order valence-electron chi connectivity index (χ3n) is 2.34. The Labute approximate surface area is 96.5 Å². The number of pyridine rings is 1. The molecule has 4 nitrogen and oxygen atoms in total. The number of aromatic nitrogens is 1. The van der Waals surface area contributed by atoms with Crippen molar-refractivity contribution in [2.45, 2.75) is 13.8 Å². The van der Waals surface area contributed by atoms with Gasteiger partial charge in [-0.25, -0.2) is 4.79 Å². The lowest BCUT2D eigenvalue weighted by molar-refractivity contribution is 0.0699. The third-order valence-corrected chi connectivity index (χ3v) is 3.44. The van der Waals surface area contributed by atoms with Gasteiger partial charge in [-0.1, -0.05) is 0 Å². The van der Waals surface area contributed by atoms with Crippen molar-refractivity contribution < 1.29 is 14.6 Å². The summed E-state index contributed by atoms with van der Waals surface area (Å²) in [6.07, 6.45) is 0. The van der Waals surface area contributed by atoms with Crippen molar-refractivity contribution in [1.29, 1.82) is 0 Å². The molecule has 0 saturated heterocycles. The molecule has 0 aliphatic carbocycles. The van der Waals surface area contributed by atoms with E-state index in [2.05, 4.69) is 4.98 Å². The van der Waals surface area contributed by atoms with Crippen LogP contribution in [0, 0.1) is 13.8 Å². The van der Waals surface area contributed by atoms with Gasteiger partial charge in [0.05, 0.1) is 12.5 Å². The maximum atomic E-state index is 11.1. The number of aromatic carboxylic acids is 1. The van der Waals surface area contributed by atoms with Crippen LogP contribution in [0.25, 0.3) is 10.1 Å². The Hall–Kier alpha value is -1.62. The highest BCUT2D eigenvalue weighted by atomic mass is 32.1. The van der Waals surface area contributed by atoms with Gasteiger partial charge >= 0.3 is 5.97 Å². The quantitative estimate of drug-likeness (QED) is 0.872. The topological polar surface area (TPSA) is 59.4 Å². The Bertz CT molecular complexity index is 574. The number of ether oxygens (including phenoxy) is 1. The minimum atomic E-state index is -0.963. The zero-order valence-electron chi connectivity index (χ0n) is 9.20. The molecule has 0 aromatic carbocycles. The van der Waals surface area contributed by atoms with Crippen LogP contribution in [-0.4, -0.2) is 23.2 Å². The molecule has 2 aromatic rings. The summed E-state index contributed by atoms with van der Waals surface area (Å²) >= 11 is 1.22. The summed E-state index contributed by atoms with van der Waals surface area (Å²) in [5.41, 5.74) is 1.68. The fourth-order valence-electron chi connectivity index (χ4n) is 1.75. The predicted octanol–water partition coefficient (Wildman–Crippen LogP) is 2.62. The largest absolute Gasteiger partial charge is 0.494 e. The van der Waals surface area contributed by atoms with Crippen molar-refractivity contribution in [3.63, 3.8) is 0 Å². The second-order valence-corrected chi connectivity index (χ2v) is 4.54. The van der Waals surface area contributed by atoms with Gasteiger partial charge in [-0.3, -0.25) is 4.98 Å². The Morgan fingerprint density at radius 1 is 1.50 bits per heavy atom. The minimum absolute atomic E-state index is 0.230. The van der Waals surface area contributed by atoms with E-state index in [1.807, 2.05) is 19.9 Å². The maximum Gasteiger partial charge on any atom is 0.349 e. The van der Waals surface area contributed by atoms with Gasteiger partial charge in [0, 0.05) is 16.1 Å². The highest BCUT2D eigenvalue weighted by Gasteiger charge is 2.20. The first-order valence-corrected chi connectivity index (χ1v) is 5.54. The molecule has 16 heavy (non-hydrogen) atoms. The van der Waals surface area contributed by atoms with E-state index in [1.165, 1.54) is 18.4 Å². The maximum absolute atomic E-state index is 11.1. The molecule has 0 radical (unpaired) electrons. The summed E-state index contributed by atoms with van der Waals surface area (Å²) in [5.74, 6) is -0.549. The summed E-state index contributed by atoms with van der Waals surface area (Å²) in [4.78, 5) is 15.6. The normalized spacial score (nSPS) is 10.7. The van der Waals surface area contributed by atoms with Gasteiger partial charge in [0.1, 0.15) is 0 Å². The lowest BCUT2D eigenvalue weighted by Crippen LogP contribution is -1.96. The number of fused-ring (bicyclic) bond motifs is 1. The molecule has 0 aliphatic heterocycles. The van der Waals surface area contributed by atoms with Crippen LogP contribution in [0.15, 0.2) is 6.07 Å². The zero-order valence-corrected chi connectivity index (χ0v) is 10.0. The van der Waals surface area contributed by atoms with Crippen LogP contribution in [0.1, 0.15) is 21.1 Å². The second-order valence-electron chi connectivity index (χ2n) is 3.49. The molecular weight excluding hydrogens is 226 g/mol. The molecular formula is C11H11NO3S. The SMILES string of the molecule is COc1c(C(=O)O)sc2cc(C)nc(C)c12. The lowest BCUT2D eigenvalue weighted by atomic mass is 10.2. The lowest BCUT2D eigenvalue weighted by Gasteiger charge is -2.02. The Balaban J connectivity index is 2.87. The van der Waals surface area contributed by atoms with Crippen molar-refractivity contribution in [3.05, 3.63) is 22.3 Å². The van der Waals surface area contributed by atoms with Crippen molar-refractivity contribution in [3.8, 4) is 5.75 Å². The first kappa shape index (κ1) is 10.9. The van der Waals surface area contributed by atoms with Gasteiger partial charge in [0.15, 0.2) is 10.6 Å². The average molecular weight is 237 g/mol. The molecule has 5 heteroatoms. The molecule has 0 spiro atoms. The van der Waals surface area contributed by atoms with E-state index in [4.69, 9.17) is 9.84 Å². The van der Waals surface area contributed by atoms with E-state index < -0.39 is 5.97 Å². The van der Waals surface area contributed by atoms with Crippen LogP contribution in [0.2, 0.25) is 0 Å². The molecule has 0 fully saturated rings. The van der Waals surface area contributed by atoms with E-state index in [0.29, 0.717) is 5.75 Å². The fourth-order valence-corrected chi connectivity index (χ4v) is 2.91. The second kappa shape index (κ2) is 3.75. The summed E-state index contributed by atoms with van der Waals surface area (Å²) in [7, 11) is 1.48. The van der Waals surface area contributed by atoms with Crippen LogP contribution in [0.3, 0.4) is 0 Å². The van der Waals surface area contributed by atoms with Gasteiger partial charge in [-0.05, 0) is 19.9 Å². The van der Waals surface area contributed by atoms with Crippen LogP contribution in [0.4, 0.5) is 0 Å². The minimum Gasteiger partial charge on any atom is -0.494 e. The van der Waals surface area contributed by atoms with E-state index in [0.717, 1.165) is 21.5 Å². The molecule has 0 amide bonds. The highest BCUT2D eigenvalue weighted by molar-refractivity contribution is 7.21. The van der Waals surface area contributed by atoms with E-state index in [-0.39, 0.29) is 4.88 Å². The van der Waals surface area contributed by atoms with Crippen molar-refractivity contribution in [2.24, 2.45) is 0 Å². The number of hydrogen-bond acceptors (Lipinski definition) is 4. The number of carboxylic acids is 1.